The van der Waals surface area contributed by atoms with Crippen LogP contribution in [0.3, 0.4) is 0 Å². The molecule has 4 aromatic rings. The summed E-state index contributed by atoms with van der Waals surface area (Å²) in [5, 5.41) is 15.2. The van der Waals surface area contributed by atoms with Crippen molar-refractivity contribution in [3.63, 3.8) is 0 Å². The van der Waals surface area contributed by atoms with Gasteiger partial charge in [0.2, 0.25) is 0 Å². The fourth-order valence-electron chi connectivity index (χ4n) is 2.20. The number of rotatable bonds is 0. The minimum absolute atomic E-state index is 0.871. The average Bonchev–Trinajstić information content (AvgIpc) is 2.36. The van der Waals surface area contributed by atoms with E-state index in [1.165, 1.54) is 0 Å². The summed E-state index contributed by atoms with van der Waals surface area (Å²) < 4.78 is 0. The summed E-state index contributed by atoms with van der Waals surface area (Å²) in [6.45, 7) is 0. The lowest BCUT2D eigenvalue weighted by atomic mass is 10.0. The molecule has 0 bridgehead atoms. The highest BCUT2D eigenvalue weighted by Gasteiger charge is 2.09. The summed E-state index contributed by atoms with van der Waals surface area (Å²) in [7, 11) is 0. The minimum Gasteiger partial charge on any atom is -0.256 e. The molecule has 0 spiro atoms. The van der Waals surface area contributed by atoms with E-state index >= 15 is 0 Å². The first-order chi connectivity index (χ1) is 7.93. The summed E-state index contributed by atoms with van der Waals surface area (Å²) in [6.07, 6.45) is 1.82. The van der Waals surface area contributed by atoms with Crippen LogP contribution in [0.2, 0.25) is 0 Å². The van der Waals surface area contributed by atoms with Gasteiger partial charge < -0.3 is 0 Å². The Hall–Kier alpha value is -2.36. The predicted octanol–water partition coefficient (Wildman–Crippen LogP) is 2.16. The third-order valence-electron chi connectivity index (χ3n) is 2.90. The molecule has 4 rings (SSSR count). The second-order valence-electron chi connectivity index (χ2n) is 3.76. The molecule has 0 unspecified atom stereocenters. The molecule has 2 aromatic heterocycles. The molecule has 0 radical (unpaired) electrons. The van der Waals surface area contributed by atoms with E-state index < -0.39 is 0 Å². The molecular weight excluding hydrogens is 200 g/mol. The van der Waals surface area contributed by atoms with Gasteiger partial charge in [-0.3, -0.25) is 4.98 Å². The Labute approximate surface area is 90.3 Å². The van der Waals surface area contributed by atoms with Crippen molar-refractivity contribution in [3.05, 3.63) is 36.5 Å². The Morgan fingerprint density at radius 1 is 0.688 bits per heavy atom. The van der Waals surface area contributed by atoms with Crippen LogP contribution in [-0.4, -0.2) is 20.4 Å². The summed E-state index contributed by atoms with van der Waals surface area (Å²) in [5.74, 6) is 0. The van der Waals surface area contributed by atoms with Gasteiger partial charge in [0.1, 0.15) is 0 Å². The summed E-state index contributed by atoms with van der Waals surface area (Å²) in [6, 6.07) is 9.92. The smallest absolute Gasteiger partial charge is 0.0977 e. The van der Waals surface area contributed by atoms with Gasteiger partial charge in [0, 0.05) is 17.0 Å². The van der Waals surface area contributed by atoms with E-state index in [0.29, 0.717) is 0 Å². The van der Waals surface area contributed by atoms with Gasteiger partial charge >= 0.3 is 0 Å². The fraction of sp³-hybridized carbons (Fsp3) is 0. The molecule has 0 amide bonds. The quantitative estimate of drug-likeness (QED) is 0.414. The van der Waals surface area contributed by atoms with Crippen molar-refractivity contribution >= 4 is 32.7 Å². The fourth-order valence-corrected chi connectivity index (χ4v) is 2.20. The molecule has 4 nitrogen and oxygen atoms in total. The molecule has 0 fully saturated rings. The van der Waals surface area contributed by atoms with Crippen molar-refractivity contribution in [1.82, 2.24) is 20.4 Å². The first-order valence-corrected chi connectivity index (χ1v) is 5.02. The van der Waals surface area contributed by atoms with Crippen LogP contribution < -0.4 is 0 Å². The Morgan fingerprint density at radius 3 is 2.31 bits per heavy atom. The van der Waals surface area contributed by atoms with Gasteiger partial charge in [0.15, 0.2) is 0 Å². The second-order valence-corrected chi connectivity index (χ2v) is 3.76. The van der Waals surface area contributed by atoms with Crippen LogP contribution in [0.5, 0.6) is 0 Å². The van der Waals surface area contributed by atoms with E-state index in [-0.39, 0.29) is 0 Å². The molecule has 0 saturated heterocycles. The van der Waals surface area contributed by atoms with Gasteiger partial charge in [-0.25, -0.2) is 0 Å². The molecule has 2 heterocycles. The largest absolute Gasteiger partial charge is 0.256 e. The van der Waals surface area contributed by atoms with Crippen LogP contribution in [-0.2, 0) is 0 Å². The van der Waals surface area contributed by atoms with Crippen molar-refractivity contribution < 1.29 is 0 Å². The highest BCUT2D eigenvalue weighted by Crippen LogP contribution is 2.30. The SMILES string of the molecule is c1cc2ccc3nnnc4ccc(n1)c2c34. The van der Waals surface area contributed by atoms with Gasteiger partial charge in [-0.05, 0) is 34.9 Å². The molecule has 74 valence electrons. The van der Waals surface area contributed by atoms with E-state index in [1.54, 1.807) is 0 Å². The van der Waals surface area contributed by atoms with Gasteiger partial charge in [0.05, 0.1) is 16.6 Å². The van der Waals surface area contributed by atoms with Crippen LogP contribution in [0.4, 0.5) is 0 Å². The second kappa shape index (κ2) is 2.61. The number of aromatic nitrogens is 4. The number of hydrogen-bond donors (Lipinski definition) is 0. The highest BCUT2D eigenvalue weighted by molar-refractivity contribution is 6.19. The third kappa shape index (κ3) is 0.839. The number of benzene rings is 2. The standard InChI is InChI=1S/C12H6N4/c1-2-9-12-10(15-16-14-9)4-3-8-11(12)7(1)5-6-13-8/h1-6H. The molecule has 0 aliphatic heterocycles. The Morgan fingerprint density at radius 2 is 1.44 bits per heavy atom. The van der Waals surface area contributed by atoms with Gasteiger partial charge in [-0.15, -0.1) is 10.2 Å². The third-order valence-corrected chi connectivity index (χ3v) is 2.90. The van der Waals surface area contributed by atoms with Crippen LogP contribution in [0.25, 0.3) is 32.7 Å². The molecule has 0 aliphatic rings. The predicted molar refractivity (Wildman–Crippen MR) is 61.3 cm³/mol. The number of nitrogens with zero attached hydrogens (tertiary/aromatic N) is 4. The lowest BCUT2D eigenvalue weighted by Gasteiger charge is -2.06. The van der Waals surface area contributed by atoms with Gasteiger partial charge in [-0.2, -0.15) is 0 Å². The van der Waals surface area contributed by atoms with Crippen molar-refractivity contribution in [1.29, 1.82) is 0 Å². The molecule has 0 saturated carbocycles. The molecular formula is C12H6N4. The molecule has 0 atom stereocenters. The van der Waals surface area contributed by atoms with Crippen LogP contribution in [0.1, 0.15) is 0 Å². The molecule has 4 heteroatoms. The maximum Gasteiger partial charge on any atom is 0.0977 e. The number of pyridine rings is 1. The van der Waals surface area contributed by atoms with Crippen molar-refractivity contribution in [2.24, 2.45) is 0 Å². The first kappa shape index (κ1) is 7.87. The maximum absolute atomic E-state index is 4.36. The summed E-state index contributed by atoms with van der Waals surface area (Å²) in [5.41, 5.74) is 2.72. The highest BCUT2D eigenvalue weighted by atomic mass is 15.3. The lowest BCUT2D eigenvalue weighted by molar-refractivity contribution is 0.917. The van der Waals surface area contributed by atoms with E-state index in [1.807, 2.05) is 36.5 Å². The molecule has 0 aliphatic carbocycles. The van der Waals surface area contributed by atoms with E-state index in [4.69, 9.17) is 0 Å². The van der Waals surface area contributed by atoms with Crippen LogP contribution in [0, 0.1) is 0 Å². The summed E-state index contributed by atoms with van der Waals surface area (Å²) >= 11 is 0. The van der Waals surface area contributed by atoms with Crippen LogP contribution in [0.15, 0.2) is 36.5 Å². The van der Waals surface area contributed by atoms with E-state index in [2.05, 4.69) is 20.4 Å². The Bertz CT molecular complexity index is 680. The normalized spacial score (nSPS) is 11.8. The van der Waals surface area contributed by atoms with E-state index in [9.17, 15) is 0 Å². The average molecular weight is 206 g/mol. The summed E-state index contributed by atoms with van der Waals surface area (Å²) in [4.78, 5) is 4.36. The van der Waals surface area contributed by atoms with Crippen LogP contribution >= 0.6 is 0 Å². The topological polar surface area (TPSA) is 51.6 Å². The first-order valence-electron chi connectivity index (χ1n) is 5.02. The molecule has 16 heavy (non-hydrogen) atoms. The van der Waals surface area contributed by atoms with Gasteiger partial charge in [0.25, 0.3) is 0 Å². The maximum atomic E-state index is 4.36. The van der Waals surface area contributed by atoms with Gasteiger partial charge in [-0.1, -0.05) is 6.07 Å². The molecule has 0 N–H and O–H groups in total. The zero-order valence-electron chi connectivity index (χ0n) is 8.25. The van der Waals surface area contributed by atoms with Crippen molar-refractivity contribution in [3.8, 4) is 0 Å². The van der Waals surface area contributed by atoms with Crippen molar-refractivity contribution in [2.45, 2.75) is 0 Å². The van der Waals surface area contributed by atoms with Crippen molar-refractivity contribution in [2.75, 3.05) is 0 Å². The molecule has 2 aromatic carbocycles. The number of hydrogen-bond acceptors (Lipinski definition) is 4. The minimum atomic E-state index is 0.871. The Kier molecular flexibility index (Phi) is 1.28. The zero-order valence-corrected chi connectivity index (χ0v) is 8.25. The zero-order chi connectivity index (χ0) is 10.5. The Balaban J connectivity index is 2.51. The lowest BCUT2D eigenvalue weighted by Crippen LogP contribution is -1.92. The van der Waals surface area contributed by atoms with E-state index in [0.717, 1.165) is 32.7 Å². The monoisotopic (exact) mass is 206 g/mol.